The smallest absolute Gasteiger partial charge is 0.232 e. The number of anilines is 3. The Morgan fingerprint density at radius 1 is 1.04 bits per heavy atom. The van der Waals surface area contributed by atoms with E-state index in [1.807, 2.05) is 12.3 Å². The van der Waals surface area contributed by atoms with Crippen LogP contribution in [0.2, 0.25) is 0 Å². The highest BCUT2D eigenvalue weighted by Gasteiger charge is 2.28. The van der Waals surface area contributed by atoms with Gasteiger partial charge in [-0.2, -0.15) is 4.98 Å². The molecule has 26 heavy (non-hydrogen) atoms. The molecule has 2 aromatic carbocycles. The van der Waals surface area contributed by atoms with Gasteiger partial charge in [0.2, 0.25) is 5.95 Å². The van der Waals surface area contributed by atoms with Crippen molar-refractivity contribution < 1.29 is 0 Å². The molecule has 132 valence electrons. The molecule has 1 N–H and O–H groups in total. The minimum absolute atomic E-state index is 0.376. The molecule has 0 spiro atoms. The first-order chi connectivity index (χ1) is 12.8. The molecule has 4 heteroatoms. The van der Waals surface area contributed by atoms with Crippen LogP contribution >= 0.6 is 0 Å². The van der Waals surface area contributed by atoms with Crippen molar-refractivity contribution in [3.05, 3.63) is 78.0 Å². The Labute approximate surface area is 154 Å². The summed E-state index contributed by atoms with van der Waals surface area (Å²) < 4.78 is 0. The predicted molar refractivity (Wildman–Crippen MR) is 107 cm³/mol. The zero-order chi connectivity index (χ0) is 17.8. The predicted octanol–water partition coefficient (Wildman–Crippen LogP) is 4.60. The van der Waals surface area contributed by atoms with Gasteiger partial charge in [-0.15, -0.1) is 0 Å². The van der Waals surface area contributed by atoms with Crippen LogP contribution in [0.15, 0.2) is 66.9 Å². The van der Waals surface area contributed by atoms with E-state index in [0.29, 0.717) is 6.04 Å². The molecule has 0 aliphatic carbocycles. The van der Waals surface area contributed by atoms with E-state index >= 15 is 0 Å². The average Bonchev–Trinajstić information content (AvgIpc) is 3.02. The summed E-state index contributed by atoms with van der Waals surface area (Å²) in [6.45, 7) is 3.13. The summed E-state index contributed by atoms with van der Waals surface area (Å²) in [7, 11) is 0. The lowest BCUT2D eigenvalue weighted by Crippen LogP contribution is -2.26. The average molecular weight is 344 g/mol. The van der Waals surface area contributed by atoms with E-state index in [1.54, 1.807) is 0 Å². The lowest BCUT2D eigenvalue weighted by atomic mass is 10.1. The normalized spacial score (nSPS) is 15.7. The maximum atomic E-state index is 4.75. The van der Waals surface area contributed by atoms with E-state index in [9.17, 15) is 0 Å². The highest BCUT2D eigenvalue weighted by molar-refractivity contribution is 5.67. The molecule has 4 rings (SSSR count). The van der Waals surface area contributed by atoms with Gasteiger partial charge in [-0.25, -0.2) is 4.98 Å². The molecule has 1 aliphatic rings. The fourth-order valence-electron chi connectivity index (χ4n) is 3.59. The first kappa shape index (κ1) is 16.6. The molecule has 1 aromatic heterocycles. The number of aromatic nitrogens is 2. The van der Waals surface area contributed by atoms with Gasteiger partial charge in [0.05, 0.1) is 0 Å². The van der Waals surface area contributed by atoms with E-state index in [-0.39, 0.29) is 0 Å². The quantitative estimate of drug-likeness (QED) is 0.663. The molecule has 0 bridgehead atoms. The van der Waals surface area contributed by atoms with E-state index in [1.165, 1.54) is 16.8 Å². The SMILES string of the molecule is CC1Cc2ccccc2N1c1nccc(NCCCc2ccccc2)n1. The van der Waals surface area contributed by atoms with Crippen molar-refractivity contribution in [3.8, 4) is 0 Å². The van der Waals surface area contributed by atoms with Crippen LogP contribution in [0, 0.1) is 0 Å². The third-order valence-corrected chi connectivity index (χ3v) is 4.86. The molecule has 3 aromatic rings. The van der Waals surface area contributed by atoms with E-state index in [2.05, 4.69) is 76.7 Å². The van der Waals surface area contributed by atoms with Crippen molar-refractivity contribution in [1.29, 1.82) is 0 Å². The maximum absolute atomic E-state index is 4.75. The minimum Gasteiger partial charge on any atom is -0.370 e. The summed E-state index contributed by atoms with van der Waals surface area (Å²) in [6, 6.07) is 21.4. The Morgan fingerprint density at radius 3 is 2.73 bits per heavy atom. The number of nitrogens with zero attached hydrogens (tertiary/aromatic N) is 3. The molecule has 1 unspecified atom stereocenters. The highest BCUT2D eigenvalue weighted by atomic mass is 15.3. The zero-order valence-electron chi connectivity index (χ0n) is 15.1. The van der Waals surface area contributed by atoms with Gasteiger partial charge in [-0.05, 0) is 49.4 Å². The Hall–Kier alpha value is -2.88. The molecule has 0 saturated heterocycles. The zero-order valence-corrected chi connectivity index (χ0v) is 15.1. The van der Waals surface area contributed by atoms with Crippen LogP contribution in [0.5, 0.6) is 0 Å². The second-order valence-corrected chi connectivity index (χ2v) is 6.81. The summed E-state index contributed by atoms with van der Waals surface area (Å²) in [4.78, 5) is 11.5. The van der Waals surface area contributed by atoms with Gasteiger partial charge in [-0.3, -0.25) is 0 Å². The fourth-order valence-corrected chi connectivity index (χ4v) is 3.59. The minimum atomic E-state index is 0.376. The van der Waals surface area contributed by atoms with Crippen LogP contribution in [0.4, 0.5) is 17.5 Å². The van der Waals surface area contributed by atoms with Gasteiger partial charge < -0.3 is 10.2 Å². The standard InChI is InChI=1S/C22H24N4/c1-17-16-19-11-5-6-12-20(19)26(17)22-24-15-13-21(25-22)23-14-7-10-18-8-3-2-4-9-18/h2-6,8-9,11-13,15,17H,7,10,14,16H2,1H3,(H,23,24,25). The maximum Gasteiger partial charge on any atom is 0.232 e. The topological polar surface area (TPSA) is 41.1 Å². The number of benzene rings is 2. The molecule has 0 amide bonds. The molecule has 0 fully saturated rings. The van der Waals surface area contributed by atoms with Crippen molar-refractivity contribution in [2.45, 2.75) is 32.2 Å². The molecule has 0 radical (unpaired) electrons. The number of rotatable bonds is 6. The number of para-hydroxylation sites is 1. The number of fused-ring (bicyclic) bond motifs is 1. The van der Waals surface area contributed by atoms with Crippen LogP contribution in [0.3, 0.4) is 0 Å². The summed E-state index contributed by atoms with van der Waals surface area (Å²) in [5.74, 6) is 1.66. The van der Waals surface area contributed by atoms with E-state index in [0.717, 1.165) is 37.6 Å². The summed E-state index contributed by atoms with van der Waals surface area (Å²) >= 11 is 0. The van der Waals surface area contributed by atoms with Gasteiger partial charge in [0.15, 0.2) is 0 Å². The Kier molecular flexibility index (Phi) is 4.82. The molecule has 1 atom stereocenters. The lowest BCUT2D eigenvalue weighted by Gasteiger charge is -2.23. The molecular weight excluding hydrogens is 320 g/mol. The third-order valence-electron chi connectivity index (χ3n) is 4.86. The van der Waals surface area contributed by atoms with Crippen molar-refractivity contribution in [2.24, 2.45) is 0 Å². The van der Waals surface area contributed by atoms with Gasteiger partial charge in [-0.1, -0.05) is 48.5 Å². The number of aryl methyl sites for hydroxylation is 1. The number of hydrogen-bond acceptors (Lipinski definition) is 4. The van der Waals surface area contributed by atoms with Crippen LogP contribution in [0.1, 0.15) is 24.5 Å². The summed E-state index contributed by atoms with van der Waals surface area (Å²) in [5, 5.41) is 3.44. The van der Waals surface area contributed by atoms with Gasteiger partial charge in [0, 0.05) is 24.5 Å². The highest BCUT2D eigenvalue weighted by Crippen LogP contribution is 2.36. The monoisotopic (exact) mass is 344 g/mol. The molecule has 0 saturated carbocycles. The molecular formula is C22H24N4. The Morgan fingerprint density at radius 2 is 1.85 bits per heavy atom. The Balaban J connectivity index is 1.41. The van der Waals surface area contributed by atoms with E-state index < -0.39 is 0 Å². The van der Waals surface area contributed by atoms with Crippen molar-refractivity contribution in [3.63, 3.8) is 0 Å². The first-order valence-electron chi connectivity index (χ1n) is 9.29. The molecule has 2 heterocycles. The second kappa shape index (κ2) is 7.56. The van der Waals surface area contributed by atoms with Gasteiger partial charge in [0.1, 0.15) is 5.82 Å². The number of nitrogens with one attached hydrogen (secondary N) is 1. The first-order valence-corrected chi connectivity index (χ1v) is 9.29. The third kappa shape index (κ3) is 3.54. The second-order valence-electron chi connectivity index (χ2n) is 6.81. The molecule has 4 nitrogen and oxygen atoms in total. The van der Waals surface area contributed by atoms with Gasteiger partial charge >= 0.3 is 0 Å². The van der Waals surface area contributed by atoms with Crippen molar-refractivity contribution >= 4 is 17.5 Å². The van der Waals surface area contributed by atoms with Gasteiger partial charge in [0.25, 0.3) is 0 Å². The van der Waals surface area contributed by atoms with Crippen LogP contribution in [0.25, 0.3) is 0 Å². The van der Waals surface area contributed by atoms with Crippen LogP contribution in [-0.4, -0.2) is 22.6 Å². The van der Waals surface area contributed by atoms with E-state index in [4.69, 9.17) is 4.98 Å². The van der Waals surface area contributed by atoms with Crippen molar-refractivity contribution in [1.82, 2.24) is 9.97 Å². The summed E-state index contributed by atoms with van der Waals surface area (Å²) in [5.41, 5.74) is 3.96. The summed E-state index contributed by atoms with van der Waals surface area (Å²) in [6.07, 6.45) is 5.03. The number of hydrogen-bond donors (Lipinski definition) is 1. The fraction of sp³-hybridized carbons (Fsp3) is 0.273. The molecule has 1 aliphatic heterocycles. The van der Waals surface area contributed by atoms with Crippen LogP contribution < -0.4 is 10.2 Å². The van der Waals surface area contributed by atoms with Crippen LogP contribution in [-0.2, 0) is 12.8 Å². The largest absolute Gasteiger partial charge is 0.370 e. The van der Waals surface area contributed by atoms with Crippen molar-refractivity contribution in [2.75, 3.05) is 16.8 Å². The Bertz CT molecular complexity index is 863. The lowest BCUT2D eigenvalue weighted by molar-refractivity contribution is 0.739.